The van der Waals surface area contributed by atoms with E-state index >= 15 is 0 Å². The summed E-state index contributed by atoms with van der Waals surface area (Å²) in [6, 6.07) is 49.8. The van der Waals surface area contributed by atoms with Crippen molar-refractivity contribution >= 4 is 56.3 Å². The summed E-state index contributed by atoms with van der Waals surface area (Å²) in [6.45, 7) is 5.96. The number of hydrogen-bond acceptors (Lipinski definition) is 2. The van der Waals surface area contributed by atoms with E-state index < -0.39 is 5.41 Å². The zero-order chi connectivity index (χ0) is 45.3. The Morgan fingerprint density at radius 2 is 1.51 bits per heavy atom. The zero-order valence-corrected chi connectivity index (χ0v) is 37.8. The first-order valence-electron chi connectivity index (χ1n) is 23.4. The molecule has 7 aromatic rings. The molecule has 0 fully saturated rings. The molecule has 11 rings (SSSR count). The second-order valence-electron chi connectivity index (χ2n) is 17.3. The Labute approximate surface area is 394 Å². The van der Waals surface area contributed by atoms with Crippen molar-refractivity contribution in [1.82, 2.24) is 4.57 Å². The lowest BCUT2D eigenvalue weighted by atomic mass is 9.68. The lowest BCUT2D eigenvalue weighted by Crippen LogP contribution is -2.30. The number of rotatable bonds is 11. The Bertz CT molecular complexity index is 3420. The molecule has 0 aliphatic heterocycles. The summed E-state index contributed by atoms with van der Waals surface area (Å²) in [4.78, 5) is 4.93. The highest BCUT2D eigenvalue weighted by molar-refractivity contribution is 6.11. The maximum absolute atomic E-state index is 5.73. The Morgan fingerprint density at radius 3 is 2.34 bits per heavy atom. The van der Waals surface area contributed by atoms with Crippen LogP contribution in [0, 0.1) is 12.3 Å². The summed E-state index contributed by atoms with van der Waals surface area (Å²) in [6.07, 6.45) is 42.7. The molecule has 6 aromatic carbocycles. The van der Waals surface area contributed by atoms with Gasteiger partial charge in [-0.2, -0.15) is 0 Å². The molecule has 67 heavy (non-hydrogen) atoms. The molecule has 0 saturated heterocycles. The average Bonchev–Trinajstić information content (AvgIpc) is 3.86. The van der Waals surface area contributed by atoms with Gasteiger partial charge in [-0.15, -0.1) is 12.3 Å². The predicted molar refractivity (Wildman–Crippen MR) is 286 cm³/mol. The van der Waals surface area contributed by atoms with Crippen LogP contribution in [0.3, 0.4) is 0 Å². The van der Waals surface area contributed by atoms with Gasteiger partial charge in [-0.3, -0.25) is 0 Å². The van der Waals surface area contributed by atoms with E-state index in [1.807, 2.05) is 12.2 Å². The Morgan fingerprint density at radius 1 is 0.731 bits per heavy atom. The van der Waals surface area contributed by atoms with Crippen molar-refractivity contribution in [2.75, 3.05) is 9.80 Å². The highest BCUT2D eigenvalue weighted by Crippen LogP contribution is 2.65. The minimum absolute atomic E-state index is 0.0592. The number of para-hydroxylation sites is 2. The predicted octanol–water partition coefficient (Wildman–Crippen LogP) is 16.2. The summed E-state index contributed by atoms with van der Waals surface area (Å²) < 4.78 is 2.30. The van der Waals surface area contributed by atoms with Gasteiger partial charge in [-0.05, 0) is 125 Å². The summed E-state index contributed by atoms with van der Waals surface area (Å²) in [5.41, 5.74) is 18.1. The molecule has 1 unspecified atom stereocenters. The van der Waals surface area contributed by atoms with Gasteiger partial charge in [0, 0.05) is 51.7 Å². The minimum atomic E-state index is -0.503. The number of allylic oxidation sites excluding steroid dienone is 15. The van der Waals surface area contributed by atoms with E-state index in [1.165, 1.54) is 66.5 Å². The monoisotopic (exact) mass is 861 g/mol. The van der Waals surface area contributed by atoms with Crippen molar-refractivity contribution in [2.24, 2.45) is 0 Å². The van der Waals surface area contributed by atoms with Gasteiger partial charge in [0.2, 0.25) is 0 Å². The topological polar surface area (TPSA) is 11.4 Å². The number of aromatic nitrogens is 1. The second kappa shape index (κ2) is 17.6. The van der Waals surface area contributed by atoms with Gasteiger partial charge in [0.25, 0.3) is 0 Å². The molecule has 0 N–H and O–H groups in total. The van der Waals surface area contributed by atoms with Gasteiger partial charge in [0.1, 0.15) is 0 Å². The van der Waals surface area contributed by atoms with Gasteiger partial charge in [-0.1, -0.05) is 164 Å². The molecule has 0 amide bonds. The third-order valence-corrected chi connectivity index (χ3v) is 13.8. The molecule has 4 aliphatic rings. The normalized spacial score (nSPS) is 17.2. The van der Waals surface area contributed by atoms with Crippen molar-refractivity contribution < 1.29 is 0 Å². The van der Waals surface area contributed by atoms with Crippen molar-refractivity contribution in [3.05, 3.63) is 265 Å². The van der Waals surface area contributed by atoms with Crippen molar-refractivity contribution in [2.45, 2.75) is 37.6 Å². The molecular weight excluding hydrogens is 811 g/mol. The number of benzene rings is 6. The summed E-state index contributed by atoms with van der Waals surface area (Å²) in [5.74, 6) is 2.79. The van der Waals surface area contributed by atoms with Crippen LogP contribution in [-0.2, 0) is 5.41 Å². The first-order chi connectivity index (χ1) is 33.2. The first-order valence-corrected chi connectivity index (χ1v) is 23.4. The van der Waals surface area contributed by atoms with Gasteiger partial charge in [-0.25, -0.2) is 0 Å². The van der Waals surface area contributed by atoms with Crippen molar-refractivity contribution in [1.29, 1.82) is 0 Å². The molecular formula is C64H51N3. The van der Waals surface area contributed by atoms with Crippen LogP contribution in [0.5, 0.6) is 0 Å². The SMILES string of the molecule is C#CC/C=C\C(=C/C)N(c1ccccc1)c1ccc2c(c1)C1(C3=C2C=CCC3)c2ccccc2-c2c(N(c3ccc4c(c3)c3ccccc3n4/C=C\C=C/C=C)C3C=CC=CC=C3)cccc21. The lowest BCUT2D eigenvalue weighted by Gasteiger charge is -2.35. The summed E-state index contributed by atoms with van der Waals surface area (Å²) in [7, 11) is 0. The van der Waals surface area contributed by atoms with Gasteiger partial charge >= 0.3 is 0 Å². The first kappa shape index (κ1) is 41.4. The molecule has 1 spiro atoms. The van der Waals surface area contributed by atoms with Crippen LogP contribution in [0.15, 0.2) is 242 Å². The van der Waals surface area contributed by atoms with Gasteiger partial charge in [0.15, 0.2) is 0 Å². The molecule has 1 aromatic heterocycles. The van der Waals surface area contributed by atoms with Crippen LogP contribution >= 0.6 is 0 Å². The van der Waals surface area contributed by atoms with E-state index in [9.17, 15) is 0 Å². The summed E-state index contributed by atoms with van der Waals surface area (Å²) >= 11 is 0. The summed E-state index contributed by atoms with van der Waals surface area (Å²) in [5, 5.41) is 2.42. The molecule has 1 atom stereocenters. The van der Waals surface area contributed by atoms with E-state index in [1.54, 1.807) is 6.08 Å². The van der Waals surface area contributed by atoms with Crippen LogP contribution in [0.2, 0.25) is 0 Å². The minimum Gasteiger partial charge on any atom is -0.330 e. The Kier molecular flexibility index (Phi) is 10.9. The van der Waals surface area contributed by atoms with E-state index in [0.29, 0.717) is 6.42 Å². The zero-order valence-electron chi connectivity index (χ0n) is 37.8. The van der Waals surface area contributed by atoms with Crippen LogP contribution in [0.1, 0.15) is 48.4 Å². The molecule has 322 valence electrons. The molecule has 1 heterocycles. The van der Waals surface area contributed by atoms with E-state index in [-0.39, 0.29) is 6.04 Å². The van der Waals surface area contributed by atoms with Crippen LogP contribution in [0.25, 0.3) is 44.7 Å². The molecule has 4 aliphatic carbocycles. The van der Waals surface area contributed by atoms with Crippen LogP contribution in [-0.4, -0.2) is 10.6 Å². The number of hydrogen-bond donors (Lipinski definition) is 0. The van der Waals surface area contributed by atoms with Crippen molar-refractivity contribution in [3.63, 3.8) is 0 Å². The Hall–Kier alpha value is -8.32. The average molecular weight is 862 g/mol. The Balaban J connectivity index is 1.15. The second-order valence-corrected chi connectivity index (χ2v) is 17.3. The van der Waals surface area contributed by atoms with Gasteiger partial charge in [0.05, 0.1) is 28.2 Å². The number of nitrogens with zero attached hydrogens (tertiary/aromatic N) is 3. The standard InChI is InChI=1S/C64H51N3/c1-4-7-9-24-43-65-60-37-23-20-32-53(60)55-44-49(40-42-61(55)65)67(48-29-14-10-11-15-30-48)62-38-25-36-58-63(62)54-33-19-22-35-57(54)64(58)56-34-21-18-31-51(56)52-41-39-50(45-59(52)64)66(47-27-16-12-17-28-47)46(6-3)26-13-8-5-2/h2,4,6-7,9-20,22-33,35-45,48H,1,8,21,34H2,3H3/b9-7-,26-13-,43-24-,46-6+. The smallest absolute Gasteiger partial charge is 0.0712 e. The van der Waals surface area contributed by atoms with Crippen LogP contribution < -0.4 is 9.80 Å². The number of terminal acetylenes is 1. The molecule has 3 heteroatoms. The third kappa shape index (κ3) is 6.76. The van der Waals surface area contributed by atoms with Crippen molar-refractivity contribution in [3.8, 4) is 23.5 Å². The third-order valence-electron chi connectivity index (χ3n) is 13.8. The highest BCUT2D eigenvalue weighted by Gasteiger charge is 2.53. The molecule has 3 nitrogen and oxygen atoms in total. The maximum Gasteiger partial charge on any atom is 0.0712 e. The van der Waals surface area contributed by atoms with E-state index in [2.05, 4.69) is 246 Å². The largest absolute Gasteiger partial charge is 0.330 e. The fourth-order valence-electron chi connectivity index (χ4n) is 11.2. The fraction of sp³-hybridized carbons (Fsp3) is 0.0938. The van der Waals surface area contributed by atoms with E-state index in [4.69, 9.17) is 6.42 Å². The fourth-order valence-corrected chi connectivity index (χ4v) is 11.2. The van der Waals surface area contributed by atoms with Crippen LogP contribution in [0.4, 0.5) is 22.7 Å². The molecule has 0 radical (unpaired) electrons. The quantitative estimate of drug-likeness (QED) is 0.0948. The van der Waals surface area contributed by atoms with E-state index in [0.717, 1.165) is 41.1 Å². The van der Waals surface area contributed by atoms with Gasteiger partial charge < -0.3 is 14.4 Å². The number of anilines is 4. The molecule has 0 bridgehead atoms. The highest BCUT2D eigenvalue weighted by atomic mass is 15.2. The lowest BCUT2D eigenvalue weighted by molar-refractivity contribution is 0.714. The molecule has 0 saturated carbocycles. The number of fused-ring (bicyclic) bond motifs is 12. The maximum atomic E-state index is 5.73.